The van der Waals surface area contributed by atoms with Crippen LogP contribution in [-0.4, -0.2) is 13.3 Å². The molecule has 0 bridgehead atoms. The van der Waals surface area contributed by atoms with Gasteiger partial charge in [-0.3, -0.25) is 0 Å². The Morgan fingerprint density at radius 1 is 1.36 bits per heavy atom. The van der Waals surface area contributed by atoms with Gasteiger partial charge < -0.3 is 4.74 Å². The molecule has 1 rings (SSSR count). The summed E-state index contributed by atoms with van der Waals surface area (Å²) in [6, 6.07) is 5.87. The molecule has 0 amide bonds. The van der Waals surface area contributed by atoms with Crippen LogP contribution in [0.15, 0.2) is 24.3 Å². The summed E-state index contributed by atoms with van der Waals surface area (Å²) in [4.78, 5) is -1.65. The molecule has 5 heteroatoms. The van der Waals surface area contributed by atoms with Crippen molar-refractivity contribution in [2.24, 2.45) is 0 Å². The Hall–Kier alpha value is -0.710. The van der Waals surface area contributed by atoms with Gasteiger partial charge in [0.2, 0.25) is 0 Å². The van der Waals surface area contributed by atoms with Crippen LogP contribution in [0.2, 0.25) is 0 Å². The first-order valence-corrected chi connectivity index (χ1v) is 4.71. The molecule has 1 aromatic rings. The molecule has 0 saturated heterocycles. The van der Waals surface area contributed by atoms with Crippen LogP contribution in [0, 0.1) is 0 Å². The van der Waals surface area contributed by atoms with Crippen molar-refractivity contribution in [1.29, 1.82) is 0 Å². The van der Waals surface area contributed by atoms with E-state index in [1.807, 2.05) is 0 Å². The lowest BCUT2D eigenvalue weighted by Crippen LogP contribution is -2.15. The van der Waals surface area contributed by atoms with Crippen LogP contribution < -0.4 is 4.74 Å². The minimum atomic E-state index is -4.29. The Morgan fingerprint density at radius 2 is 2.00 bits per heavy atom. The summed E-state index contributed by atoms with van der Waals surface area (Å²) < 4.78 is 41.7. The number of methoxy groups -OCH3 is 1. The van der Waals surface area contributed by atoms with E-state index in [2.05, 4.69) is 15.9 Å². The standard InChI is InChI=1S/C9H8BrF3O/c1-14-7-4-2-3-6(5-7)8(10)9(11,12)13/h2-5,8H,1H3. The number of hydrogen-bond acceptors (Lipinski definition) is 1. The molecular weight excluding hydrogens is 261 g/mol. The van der Waals surface area contributed by atoms with Crippen LogP contribution in [0.4, 0.5) is 13.2 Å². The van der Waals surface area contributed by atoms with Crippen LogP contribution in [0.3, 0.4) is 0 Å². The molecule has 0 aromatic heterocycles. The number of ether oxygens (including phenoxy) is 1. The van der Waals surface area contributed by atoms with Gasteiger partial charge in [0, 0.05) is 0 Å². The topological polar surface area (TPSA) is 9.23 Å². The highest BCUT2D eigenvalue weighted by Crippen LogP contribution is 2.40. The zero-order chi connectivity index (χ0) is 10.8. The third-order valence-corrected chi connectivity index (χ3v) is 2.72. The number of rotatable bonds is 2. The fourth-order valence-corrected chi connectivity index (χ4v) is 1.27. The first kappa shape index (κ1) is 11.4. The number of hydrogen-bond donors (Lipinski definition) is 0. The van der Waals surface area contributed by atoms with Crippen molar-refractivity contribution in [2.45, 2.75) is 11.0 Å². The van der Waals surface area contributed by atoms with Gasteiger partial charge >= 0.3 is 6.18 Å². The van der Waals surface area contributed by atoms with Crippen LogP contribution in [-0.2, 0) is 0 Å². The summed E-state index contributed by atoms with van der Waals surface area (Å²) in [6.07, 6.45) is -4.29. The first-order valence-electron chi connectivity index (χ1n) is 3.80. The van der Waals surface area contributed by atoms with E-state index < -0.39 is 11.0 Å². The van der Waals surface area contributed by atoms with E-state index in [0.29, 0.717) is 5.75 Å². The van der Waals surface area contributed by atoms with Crippen LogP contribution in [0.25, 0.3) is 0 Å². The van der Waals surface area contributed by atoms with Crippen molar-refractivity contribution in [3.05, 3.63) is 29.8 Å². The SMILES string of the molecule is COc1cccc(C(Br)C(F)(F)F)c1. The van der Waals surface area contributed by atoms with E-state index in [9.17, 15) is 13.2 Å². The van der Waals surface area contributed by atoms with Crippen molar-refractivity contribution in [3.8, 4) is 5.75 Å². The zero-order valence-corrected chi connectivity index (χ0v) is 8.89. The normalized spacial score (nSPS) is 13.8. The molecular formula is C9H8BrF3O. The first-order chi connectivity index (χ1) is 6.45. The highest BCUT2D eigenvalue weighted by molar-refractivity contribution is 9.09. The fraction of sp³-hybridized carbons (Fsp3) is 0.333. The quantitative estimate of drug-likeness (QED) is 0.744. The maximum Gasteiger partial charge on any atom is 0.405 e. The van der Waals surface area contributed by atoms with Crippen molar-refractivity contribution in [3.63, 3.8) is 0 Å². The molecule has 78 valence electrons. The minimum absolute atomic E-state index is 0.136. The van der Waals surface area contributed by atoms with E-state index in [-0.39, 0.29) is 5.56 Å². The Morgan fingerprint density at radius 3 is 2.50 bits per heavy atom. The maximum absolute atomic E-state index is 12.3. The Kier molecular flexibility index (Phi) is 3.42. The van der Waals surface area contributed by atoms with Gasteiger partial charge in [-0.2, -0.15) is 13.2 Å². The Labute approximate surface area is 88.0 Å². The molecule has 1 nitrogen and oxygen atoms in total. The predicted molar refractivity (Wildman–Crippen MR) is 50.7 cm³/mol. The van der Waals surface area contributed by atoms with Crippen LogP contribution in [0.5, 0.6) is 5.75 Å². The Balaban J connectivity index is 2.95. The average Bonchev–Trinajstić information content (AvgIpc) is 2.15. The van der Waals surface area contributed by atoms with Gasteiger partial charge in [-0.15, -0.1) is 0 Å². The van der Waals surface area contributed by atoms with Gasteiger partial charge in [-0.1, -0.05) is 28.1 Å². The average molecular weight is 269 g/mol. The lowest BCUT2D eigenvalue weighted by molar-refractivity contribution is -0.128. The molecule has 0 aliphatic carbocycles. The third kappa shape index (κ3) is 2.64. The van der Waals surface area contributed by atoms with E-state index in [1.54, 1.807) is 6.07 Å². The van der Waals surface area contributed by atoms with Gasteiger partial charge in [0.05, 0.1) is 7.11 Å². The highest BCUT2D eigenvalue weighted by Gasteiger charge is 2.38. The van der Waals surface area contributed by atoms with Crippen molar-refractivity contribution in [1.82, 2.24) is 0 Å². The van der Waals surface area contributed by atoms with Gasteiger partial charge in [-0.25, -0.2) is 0 Å². The van der Waals surface area contributed by atoms with Crippen LogP contribution >= 0.6 is 15.9 Å². The molecule has 14 heavy (non-hydrogen) atoms. The second kappa shape index (κ2) is 4.21. The zero-order valence-electron chi connectivity index (χ0n) is 7.31. The third-order valence-electron chi connectivity index (χ3n) is 1.67. The number of benzene rings is 1. The lowest BCUT2D eigenvalue weighted by atomic mass is 10.1. The summed E-state index contributed by atoms with van der Waals surface area (Å²) in [5.41, 5.74) is 0.136. The highest BCUT2D eigenvalue weighted by atomic mass is 79.9. The van der Waals surface area contributed by atoms with E-state index in [4.69, 9.17) is 4.74 Å². The number of halogens is 4. The second-order valence-electron chi connectivity index (χ2n) is 2.68. The molecule has 0 fully saturated rings. The smallest absolute Gasteiger partial charge is 0.405 e. The summed E-state index contributed by atoms with van der Waals surface area (Å²) in [6.45, 7) is 0. The largest absolute Gasteiger partial charge is 0.497 e. The molecule has 0 spiro atoms. The summed E-state index contributed by atoms with van der Waals surface area (Å²) >= 11 is 2.59. The van der Waals surface area contributed by atoms with Gasteiger partial charge in [0.25, 0.3) is 0 Å². The Bertz CT molecular complexity index is 311. The van der Waals surface area contributed by atoms with Crippen LogP contribution in [0.1, 0.15) is 10.4 Å². The van der Waals surface area contributed by atoms with Crippen molar-refractivity contribution < 1.29 is 17.9 Å². The summed E-state index contributed by atoms with van der Waals surface area (Å²) in [5.74, 6) is 0.413. The predicted octanol–water partition coefficient (Wildman–Crippen LogP) is 3.69. The van der Waals surface area contributed by atoms with E-state index >= 15 is 0 Å². The fourth-order valence-electron chi connectivity index (χ4n) is 0.988. The van der Waals surface area contributed by atoms with Crippen molar-refractivity contribution >= 4 is 15.9 Å². The summed E-state index contributed by atoms with van der Waals surface area (Å²) in [5, 5.41) is 0. The second-order valence-corrected chi connectivity index (χ2v) is 3.60. The van der Waals surface area contributed by atoms with Gasteiger partial charge in [0.15, 0.2) is 0 Å². The lowest BCUT2D eigenvalue weighted by Gasteiger charge is -2.14. The molecule has 0 heterocycles. The molecule has 0 saturated carbocycles. The number of alkyl halides is 4. The molecule has 1 atom stereocenters. The molecule has 0 radical (unpaired) electrons. The molecule has 0 aliphatic rings. The van der Waals surface area contributed by atoms with Gasteiger partial charge in [0.1, 0.15) is 10.6 Å². The molecule has 1 unspecified atom stereocenters. The molecule has 1 aromatic carbocycles. The van der Waals surface area contributed by atoms with Gasteiger partial charge in [-0.05, 0) is 17.7 Å². The monoisotopic (exact) mass is 268 g/mol. The molecule has 0 N–H and O–H groups in total. The summed E-state index contributed by atoms with van der Waals surface area (Å²) in [7, 11) is 1.41. The maximum atomic E-state index is 12.3. The minimum Gasteiger partial charge on any atom is -0.497 e. The van der Waals surface area contributed by atoms with E-state index in [0.717, 1.165) is 0 Å². The van der Waals surface area contributed by atoms with Crippen molar-refractivity contribution in [2.75, 3.05) is 7.11 Å². The van der Waals surface area contributed by atoms with E-state index in [1.165, 1.54) is 25.3 Å². The molecule has 0 aliphatic heterocycles.